The second-order valence-electron chi connectivity index (χ2n) is 3.53. The molecule has 5 heteroatoms. The highest BCUT2D eigenvalue weighted by atomic mass is 35.5. The zero-order chi connectivity index (χ0) is 12.1. The van der Waals surface area contributed by atoms with Gasteiger partial charge in [0.05, 0.1) is 18.2 Å². The molecule has 1 amide bonds. The molecular weight excluding hydrogens is 238 g/mol. The van der Waals surface area contributed by atoms with Crippen LogP contribution in [0.15, 0.2) is 36.8 Å². The van der Waals surface area contributed by atoms with Crippen LogP contribution in [-0.4, -0.2) is 21.8 Å². The van der Waals surface area contributed by atoms with Crippen LogP contribution in [0.3, 0.4) is 0 Å². The Labute approximate surface area is 104 Å². The maximum atomic E-state index is 11.3. The van der Waals surface area contributed by atoms with Crippen LogP contribution >= 0.6 is 11.6 Å². The number of hydrogen-bond acceptors (Lipinski definition) is 2. The lowest BCUT2D eigenvalue weighted by Gasteiger charge is -2.04. The SMILES string of the molecule is O=C(CCCl)Nc1ccc(-c2cnc[nH]2)cc1. The van der Waals surface area contributed by atoms with Gasteiger partial charge in [0.1, 0.15) is 0 Å². The summed E-state index contributed by atoms with van der Waals surface area (Å²) in [5.74, 6) is 0.257. The van der Waals surface area contributed by atoms with Gasteiger partial charge < -0.3 is 10.3 Å². The number of nitrogens with zero attached hydrogens (tertiary/aromatic N) is 1. The number of amides is 1. The van der Waals surface area contributed by atoms with Crippen LogP contribution in [0.1, 0.15) is 6.42 Å². The van der Waals surface area contributed by atoms with Gasteiger partial charge in [0.15, 0.2) is 0 Å². The van der Waals surface area contributed by atoms with Crippen molar-refractivity contribution in [1.82, 2.24) is 9.97 Å². The minimum absolute atomic E-state index is 0.0747. The van der Waals surface area contributed by atoms with Gasteiger partial charge in [-0.1, -0.05) is 12.1 Å². The number of alkyl halides is 1. The van der Waals surface area contributed by atoms with Gasteiger partial charge >= 0.3 is 0 Å². The summed E-state index contributed by atoms with van der Waals surface area (Å²) in [6.07, 6.45) is 3.70. The van der Waals surface area contributed by atoms with Crippen molar-refractivity contribution in [3.8, 4) is 11.3 Å². The molecule has 2 aromatic rings. The lowest BCUT2D eigenvalue weighted by atomic mass is 10.1. The van der Waals surface area contributed by atoms with Crippen LogP contribution in [0.5, 0.6) is 0 Å². The summed E-state index contributed by atoms with van der Waals surface area (Å²) in [7, 11) is 0. The molecule has 0 aliphatic heterocycles. The molecule has 1 aromatic heterocycles. The van der Waals surface area contributed by atoms with E-state index in [1.54, 1.807) is 12.5 Å². The first-order valence-corrected chi connectivity index (χ1v) is 5.77. The molecule has 2 rings (SSSR count). The fraction of sp³-hybridized carbons (Fsp3) is 0.167. The Morgan fingerprint density at radius 2 is 2.12 bits per heavy atom. The molecule has 0 atom stereocenters. The molecule has 17 heavy (non-hydrogen) atoms. The number of aromatic nitrogens is 2. The molecule has 4 nitrogen and oxygen atoms in total. The molecule has 0 aliphatic rings. The Morgan fingerprint density at radius 3 is 2.71 bits per heavy atom. The summed E-state index contributed by atoms with van der Waals surface area (Å²) in [4.78, 5) is 18.3. The Hall–Kier alpha value is -1.81. The van der Waals surface area contributed by atoms with E-state index >= 15 is 0 Å². The fourth-order valence-corrected chi connectivity index (χ4v) is 1.63. The van der Waals surface area contributed by atoms with E-state index in [0.29, 0.717) is 12.3 Å². The van der Waals surface area contributed by atoms with Crippen LogP contribution in [-0.2, 0) is 4.79 Å². The fourth-order valence-electron chi connectivity index (χ4n) is 1.46. The zero-order valence-corrected chi connectivity index (χ0v) is 9.87. The van der Waals surface area contributed by atoms with Gasteiger partial charge in [-0.3, -0.25) is 4.79 Å². The molecule has 1 heterocycles. The number of carbonyl (C=O) groups excluding carboxylic acids is 1. The number of rotatable bonds is 4. The number of imidazole rings is 1. The van der Waals surface area contributed by atoms with Crippen molar-refractivity contribution in [2.45, 2.75) is 6.42 Å². The molecule has 88 valence electrons. The quantitative estimate of drug-likeness (QED) is 0.819. The number of aromatic amines is 1. The molecule has 0 saturated heterocycles. The van der Waals surface area contributed by atoms with Gasteiger partial charge in [0.25, 0.3) is 0 Å². The molecule has 0 saturated carbocycles. The smallest absolute Gasteiger partial charge is 0.225 e. The van der Waals surface area contributed by atoms with Gasteiger partial charge in [0, 0.05) is 18.0 Å². The van der Waals surface area contributed by atoms with E-state index in [-0.39, 0.29) is 5.91 Å². The average molecular weight is 250 g/mol. The maximum Gasteiger partial charge on any atom is 0.225 e. The van der Waals surface area contributed by atoms with E-state index in [1.807, 2.05) is 24.3 Å². The standard InChI is InChI=1S/C12H12ClN3O/c13-6-5-12(17)16-10-3-1-9(2-4-10)11-7-14-8-15-11/h1-4,7-8H,5-6H2,(H,14,15)(H,16,17). The van der Waals surface area contributed by atoms with Crippen LogP contribution in [0.25, 0.3) is 11.3 Å². The lowest BCUT2D eigenvalue weighted by molar-refractivity contribution is -0.115. The van der Waals surface area contributed by atoms with Crippen LogP contribution < -0.4 is 5.32 Å². The lowest BCUT2D eigenvalue weighted by Crippen LogP contribution is -2.11. The Balaban J connectivity index is 2.06. The third-order valence-electron chi connectivity index (χ3n) is 2.30. The van der Waals surface area contributed by atoms with Crippen LogP contribution in [0.2, 0.25) is 0 Å². The zero-order valence-electron chi connectivity index (χ0n) is 9.11. The Kier molecular flexibility index (Phi) is 3.77. The van der Waals surface area contributed by atoms with E-state index in [1.165, 1.54) is 0 Å². The van der Waals surface area contributed by atoms with Crippen molar-refractivity contribution < 1.29 is 4.79 Å². The van der Waals surface area contributed by atoms with Crippen molar-refractivity contribution in [2.24, 2.45) is 0 Å². The molecule has 0 bridgehead atoms. The second kappa shape index (κ2) is 5.50. The van der Waals surface area contributed by atoms with Gasteiger partial charge in [-0.25, -0.2) is 4.98 Å². The number of benzene rings is 1. The van der Waals surface area contributed by atoms with Crippen LogP contribution in [0, 0.1) is 0 Å². The van der Waals surface area contributed by atoms with Gasteiger partial charge in [-0.05, 0) is 17.7 Å². The number of anilines is 1. The predicted molar refractivity (Wildman–Crippen MR) is 68.0 cm³/mol. The van der Waals surface area contributed by atoms with Gasteiger partial charge in [-0.2, -0.15) is 0 Å². The average Bonchev–Trinajstić information content (AvgIpc) is 2.84. The summed E-state index contributed by atoms with van der Waals surface area (Å²) in [6.45, 7) is 0. The largest absolute Gasteiger partial charge is 0.345 e. The summed E-state index contributed by atoms with van der Waals surface area (Å²) in [5.41, 5.74) is 2.74. The number of nitrogens with one attached hydrogen (secondary N) is 2. The van der Waals surface area contributed by atoms with Crippen molar-refractivity contribution in [3.05, 3.63) is 36.8 Å². The van der Waals surface area contributed by atoms with Gasteiger partial charge in [-0.15, -0.1) is 11.6 Å². The molecule has 2 N–H and O–H groups in total. The van der Waals surface area contributed by atoms with Crippen LogP contribution in [0.4, 0.5) is 5.69 Å². The molecular formula is C12H12ClN3O. The minimum Gasteiger partial charge on any atom is -0.345 e. The highest BCUT2D eigenvalue weighted by Gasteiger charge is 2.02. The van der Waals surface area contributed by atoms with Crippen molar-refractivity contribution in [1.29, 1.82) is 0 Å². The molecule has 0 aliphatic carbocycles. The summed E-state index contributed by atoms with van der Waals surface area (Å²) in [6, 6.07) is 7.54. The topological polar surface area (TPSA) is 57.8 Å². The van der Waals surface area contributed by atoms with E-state index in [2.05, 4.69) is 15.3 Å². The Bertz CT molecular complexity index is 479. The van der Waals surface area contributed by atoms with Crippen molar-refractivity contribution in [2.75, 3.05) is 11.2 Å². The normalized spacial score (nSPS) is 10.2. The highest BCUT2D eigenvalue weighted by molar-refractivity contribution is 6.19. The number of hydrogen-bond donors (Lipinski definition) is 2. The first-order chi connectivity index (χ1) is 8.29. The van der Waals surface area contributed by atoms with E-state index in [4.69, 9.17) is 11.6 Å². The number of halogens is 1. The number of carbonyl (C=O) groups is 1. The molecule has 1 aromatic carbocycles. The molecule has 0 fully saturated rings. The summed E-state index contributed by atoms with van der Waals surface area (Å²) in [5, 5.41) is 2.77. The first-order valence-electron chi connectivity index (χ1n) is 5.24. The second-order valence-corrected chi connectivity index (χ2v) is 3.91. The Morgan fingerprint density at radius 1 is 1.35 bits per heavy atom. The molecule has 0 spiro atoms. The summed E-state index contributed by atoms with van der Waals surface area (Å²) < 4.78 is 0. The third kappa shape index (κ3) is 3.07. The van der Waals surface area contributed by atoms with E-state index in [9.17, 15) is 4.79 Å². The highest BCUT2D eigenvalue weighted by Crippen LogP contribution is 2.18. The predicted octanol–water partition coefficient (Wildman–Crippen LogP) is 2.64. The third-order valence-corrected chi connectivity index (χ3v) is 2.49. The van der Waals surface area contributed by atoms with Crippen molar-refractivity contribution in [3.63, 3.8) is 0 Å². The molecule has 0 unspecified atom stereocenters. The maximum absolute atomic E-state index is 11.3. The number of H-pyrrole nitrogens is 1. The molecule has 0 radical (unpaired) electrons. The van der Waals surface area contributed by atoms with Gasteiger partial charge in [0.2, 0.25) is 5.91 Å². The first kappa shape index (κ1) is 11.7. The minimum atomic E-state index is -0.0747. The van der Waals surface area contributed by atoms with Crippen molar-refractivity contribution >= 4 is 23.2 Å². The summed E-state index contributed by atoms with van der Waals surface area (Å²) >= 11 is 5.48. The van der Waals surface area contributed by atoms with E-state index in [0.717, 1.165) is 16.9 Å². The monoisotopic (exact) mass is 249 g/mol. The van der Waals surface area contributed by atoms with E-state index < -0.39 is 0 Å².